The summed E-state index contributed by atoms with van der Waals surface area (Å²) in [6.07, 6.45) is 0. The molecule has 0 amide bonds. The Hall–Kier alpha value is -1.36. The zero-order valence-corrected chi connectivity index (χ0v) is 10.2. The van der Waals surface area contributed by atoms with Crippen LogP contribution in [0.2, 0.25) is 0 Å². The maximum absolute atomic E-state index is 14.1. The highest BCUT2D eigenvalue weighted by molar-refractivity contribution is 5.72. The number of benzene rings is 1. The molecule has 18 heavy (non-hydrogen) atoms. The highest BCUT2D eigenvalue weighted by atomic mass is 19.2. The zero-order chi connectivity index (χ0) is 12.7. The summed E-state index contributed by atoms with van der Waals surface area (Å²) in [5.74, 6) is -1.25. The number of nitrogens with zero attached hydrogens (tertiary/aromatic N) is 1. The van der Waals surface area contributed by atoms with Crippen molar-refractivity contribution in [2.75, 3.05) is 36.5 Å². The van der Waals surface area contributed by atoms with Crippen molar-refractivity contribution < 1.29 is 13.5 Å². The Kier molecular flexibility index (Phi) is 2.86. The van der Waals surface area contributed by atoms with Crippen LogP contribution >= 0.6 is 0 Å². The van der Waals surface area contributed by atoms with Crippen molar-refractivity contribution in [3.05, 3.63) is 23.8 Å². The average Bonchev–Trinajstić information content (AvgIpc) is 2.77. The third-order valence-electron chi connectivity index (χ3n) is 3.82. The van der Waals surface area contributed by atoms with Crippen LogP contribution in [0.4, 0.5) is 20.2 Å². The minimum atomic E-state index is -0.800. The first kappa shape index (κ1) is 11.7. The van der Waals surface area contributed by atoms with E-state index in [0.29, 0.717) is 37.1 Å². The van der Waals surface area contributed by atoms with Gasteiger partial charge in [0.1, 0.15) is 0 Å². The largest absolute Gasteiger partial charge is 0.383 e. The van der Waals surface area contributed by atoms with Crippen molar-refractivity contribution in [3.63, 3.8) is 0 Å². The lowest BCUT2D eigenvalue weighted by atomic mass is 10.0. The van der Waals surface area contributed by atoms with Crippen LogP contribution in [0, 0.1) is 17.6 Å². The van der Waals surface area contributed by atoms with E-state index in [1.807, 2.05) is 11.8 Å². The molecule has 98 valence electrons. The molecule has 5 heteroatoms. The molecule has 3 rings (SSSR count). The SMILES string of the molecule is CCN1c2c(ccc(F)c2F)NCC2COCC21. The van der Waals surface area contributed by atoms with Gasteiger partial charge < -0.3 is 15.0 Å². The monoisotopic (exact) mass is 254 g/mol. The summed E-state index contributed by atoms with van der Waals surface area (Å²) in [6.45, 7) is 4.58. The maximum Gasteiger partial charge on any atom is 0.184 e. The molecule has 0 aromatic heterocycles. The first-order valence-corrected chi connectivity index (χ1v) is 6.28. The van der Waals surface area contributed by atoms with Crippen LogP contribution in [-0.2, 0) is 4.74 Å². The normalized spacial score (nSPS) is 26.3. The second-order valence-corrected chi connectivity index (χ2v) is 4.79. The van der Waals surface area contributed by atoms with E-state index in [1.54, 1.807) is 6.07 Å². The van der Waals surface area contributed by atoms with E-state index in [2.05, 4.69) is 5.32 Å². The lowest BCUT2D eigenvalue weighted by Gasteiger charge is -2.31. The summed E-state index contributed by atoms with van der Waals surface area (Å²) >= 11 is 0. The van der Waals surface area contributed by atoms with Crippen LogP contribution in [0.25, 0.3) is 0 Å². The van der Waals surface area contributed by atoms with Crippen molar-refractivity contribution in [2.24, 2.45) is 5.92 Å². The molecule has 3 nitrogen and oxygen atoms in total. The van der Waals surface area contributed by atoms with Crippen LogP contribution < -0.4 is 10.2 Å². The molecule has 0 spiro atoms. The zero-order valence-electron chi connectivity index (χ0n) is 10.2. The van der Waals surface area contributed by atoms with Crippen molar-refractivity contribution in [1.29, 1.82) is 0 Å². The fourth-order valence-electron chi connectivity index (χ4n) is 2.89. The predicted octanol–water partition coefficient (Wildman–Crippen LogP) is 2.23. The van der Waals surface area contributed by atoms with Crippen molar-refractivity contribution in [3.8, 4) is 0 Å². The lowest BCUT2D eigenvalue weighted by Crippen LogP contribution is -2.41. The van der Waals surface area contributed by atoms with Gasteiger partial charge in [0.05, 0.1) is 30.6 Å². The Balaban J connectivity index is 2.11. The number of rotatable bonds is 1. The minimum absolute atomic E-state index is 0.125. The van der Waals surface area contributed by atoms with Crippen LogP contribution in [0.5, 0.6) is 0 Å². The molecular weight excluding hydrogens is 238 g/mol. The Morgan fingerprint density at radius 2 is 2.22 bits per heavy atom. The van der Waals surface area contributed by atoms with Gasteiger partial charge in [-0.3, -0.25) is 0 Å². The van der Waals surface area contributed by atoms with Gasteiger partial charge in [-0.15, -0.1) is 0 Å². The third-order valence-corrected chi connectivity index (χ3v) is 3.82. The van der Waals surface area contributed by atoms with E-state index in [4.69, 9.17) is 4.74 Å². The number of likely N-dealkylation sites (N-methyl/N-ethyl adjacent to an activating group) is 1. The van der Waals surface area contributed by atoms with Gasteiger partial charge >= 0.3 is 0 Å². The molecule has 1 aromatic rings. The first-order chi connectivity index (χ1) is 8.72. The number of anilines is 2. The molecule has 1 aromatic carbocycles. The van der Waals surface area contributed by atoms with E-state index >= 15 is 0 Å². The Bertz CT molecular complexity index is 467. The number of nitrogens with one attached hydrogen (secondary N) is 1. The van der Waals surface area contributed by atoms with Gasteiger partial charge in [0, 0.05) is 19.0 Å². The summed E-state index contributed by atoms with van der Waals surface area (Å²) < 4.78 is 33.0. The Morgan fingerprint density at radius 3 is 3.00 bits per heavy atom. The fraction of sp³-hybridized carbons (Fsp3) is 0.538. The minimum Gasteiger partial charge on any atom is -0.383 e. The third kappa shape index (κ3) is 1.65. The summed E-state index contributed by atoms with van der Waals surface area (Å²) in [7, 11) is 0. The average molecular weight is 254 g/mol. The Labute approximate surface area is 105 Å². The number of hydrogen-bond donors (Lipinski definition) is 1. The molecule has 1 N–H and O–H groups in total. The van der Waals surface area contributed by atoms with E-state index in [0.717, 1.165) is 6.54 Å². The van der Waals surface area contributed by atoms with Crippen LogP contribution in [-0.4, -0.2) is 32.3 Å². The predicted molar refractivity (Wildman–Crippen MR) is 66.0 cm³/mol. The van der Waals surface area contributed by atoms with Crippen molar-refractivity contribution in [2.45, 2.75) is 13.0 Å². The number of hydrogen-bond acceptors (Lipinski definition) is 3. The smallest absolute Gasteiger partial charge is 0.184 e. The number of fused-ring (bicyclic) bond motifs is 2. The topological polar surface area (TPSA) is 24.5 Å². The second kappa shape index (κ2) is 4.39. The molecule has 1 fully saturated rings. The van der Waals surface area contributed by atoms with E-state index in [-0.39, 0.29) is 6.04 Å². The highest BCUT2D eigenvalue weighted by Crippen LogP contribution is 2.37. The van der Waals surface area contributed by atoms with Gasteiger partial charge in [0.15, 0.2) is 11.6 Å². The summed E-state index contributed by atoms with van der Waals surface area (Å²) in [4.78, 5) is 1.92. The van der Waals surface area contributed by atoms with Gasteiger partial charge in [0.25, 0.3) is 0 Å². The summed E-state index contributed by atoms with van der Waals surface area (Å²) in [5.41, 5.74) is 1.01. The standard InChI is InChI=1S/C13H16F2N2O/c1-2-17-11-7-18-6-8(11)5-16-10-4-3-9(14)12(15)13(10)17/h3-4,8,11,16H,2,5-7H2,1H3. The van der Waals surface area contributed by atoms with E-state index < -0.39 is 11.6 Å². The van der Waals surface area contributed by atoms with Gasteiger partial charge in [-0.1, -0.05) is 0 Å². The van der Waals surface area contributed by atoms with Gasteiger partial charge in [-0.05, 0) is 19.1 Å². The van der Waals surface area contributed by atoms with Gasteiger partial charge in [0.2, 0.25) is 0 Å². The molecule has 0 bridgehead atoms. The first-order valence-electron chi connectivity index (χ1n) is 6.28. The van der Waals surface area contributed by atoms with E-state index in [9.17, 15) is 8.78 Å². The number of ether oxygens (including phenoxy) is 1. The molecule has 0 saturated carbocycles. The van der Waals surface area contributed by atoms with E-state index in [1.165, 1.54) is 6.07 Å². The van der Waals surface area contributed by atoms with Crippen molar-refractivity contribution in [1.82, 2.24) is 0 Å². The molecule has 2 heterocycles. The molecule has 2 unspecified atom stereocenters. The lowest BCUT2D eigenvalue weighted by molar-refractivity contribution is 0.185. The molecule has 2 aliphatic heterocycles. The fourth-order valence-corrected chi connectivity index (χ4v) is 2.89. The Morgan fingerprint density at radius 1 is 1.39 bits per heavy atom. The molecule has 0 aliphatic carbocycles. The quantitative estimate of drug-likeness (QED) is 0.831. The molecular formula is C13H16F2N2O. The van der Waals surface area contributed by atoms with Crippen LogP contribution in [0.3, 0.4) is 0 Å². The maximum atomic E-state index is 14.1. The van der Waals surface area contributed by atoms with Crippen molar-refractivity contribution >= 4 is 11.4 Å². The molecule has 1 saturated heterocycles. The van der Waals surface area contributed by atoms with Crippen LogP contribution in [0.1, 0.15) is 6.92 Å². The summed E-state index contributed by atoms with van der Waals surface area (Å²) in [5, 5.41) is 3.20. The number of halogens is 2. The van der Waals surface area contributed by atoms with Gasteiger partial charge in [-0.25, -0.2) is 8.78 Å². The van der Waals surface area contributed by atoms with Gasteiger partial charge in [-0.2, -0.15) is 0 Å². The molecule has 2 aliphatic rings. The highest BCUT2D eigenvalue weighted by Gasteiger charge is 2.37. The molecule has 2 atom stereocenters. The molecule has 0 radical (unpaired) electrons. The van der Waals surface area contributed by atoms with Crippen LogP contribution in [0.15, 0.2) is 12.1 Å². The second-order valence-electron chi connectivity index (χ2n) is 4.79. The summed E-state index contributed by atoms with van der Waals surface area (Å²) in [6, 6.07) is 2.91.